The number of rotatable bonds is 5. The molecule has 1 unspecified atom stereocenters. The summed E-state index contributed by atoms with van der Waals surface area (Å²) in [6, 6.07) is 11.6. The van der Waals surface area contributed by atoms with Crippen LogP contribution in [0.1, 0.15) is 34.1 Å². The summed E-state index contributed by atoms with van der Waals surface area (Å²) in [5.41, 5.74) is 1.33. The Morgan fingerprint density at radius 1 is 1.03 bits per heavy atom. The van der Waals surface area contributed by atoms with Crippen molar-refractivity contribution in [1.82, 2.24) is 4.90 Å². The minimum atomic E-state index is -0.508. The first-order chi connectivity index (χ1) is 13.9. The van der Waals surface area contributed by atoms with E-state index in [1.54, 1.807) is 35.2 Å². The number of hydrogen-bond donors (Lipinski definition) is 1. The maximum absolute atomic E-state index is 13.4. The molecule has 2 heterocycles. The first kappa shape index (κ1) is 20.0. The minimum absolute atomic E-state index is 0.113. The molecule has 1 N–H and O–H groups in total. The molecule has 5 nitrogen and oxygen atoms in total. The molecule has 29 heavy (non-hydrogen) atoms. The first-order valence-corrected chi connectivity index (χ1v) is 10.2. The van der Waals surface area contributed by atoms with E-state index in [9.17, 15) is 9.59 Å². The molecule has 0 radical (unpaired) electrons. The Hall–Kier alpha value is -2.34. The van der Waals surface area contributed by atoms with Crippen LogP contribution in [0.2, 0.25) is 10.0 Å². The second-order valence-corrected chi connectivity index (χ2v) is 8.45. The molecule has 4 rings (SSSR count). The first-order valence-electron chi connectivity index (χ1n) is 9.48. The number of carbonyl (C=O) groups excluding carboxylic acids is 1. The van der Waals surface area contributed by atoms with Crippen LogP contribution in [-0.4, -0.2) is 38.0 Å². The molecule has 2 aromatic carbocycles. The van der Waals surface area contributed by atoms with Gasteiger partial charge in [-0.25, -0.2) is 0 Å². The molecule has 3 aromatic rings. The largest absolute Gasteiger partial charge is 0.450 e. The molecule has 1 aromatic heterocycles. The van der Waals surface area contributed by atoms with Crippen molar-refractivity contribution in [2.75, 3.05) is 27.2 Å². The third-order valence-electron chi connectivity index (χ3n) is 5.19. The number of amides is 1. The van der Waals surface area contributed by atoms with Gasteiger partial charge in [0.1, 0.15) is 5.58 Å². The van der Waals surface area contributed by atoms with Crippen LogP contribution in [0, 0.1) is 0 Å². The Kier molecular flexibility index (Phi) is 5.38. The van der Waals surface area contributed by atoms with Crippen molar-refractivity contribution in [1.29, 1.82) is 0 Å². The third kappa shape index (κ3) is 3.66. The van der Waals surface area contributed by atoms with Crippen LogP contribution in [0.15, 0.2) is 51.7 Å². The van der Waals surface area contributed by atoms with E-state index in [1.165, 1.54) is 4.90 Å². The van der Waals surface area contributed by atoms with Gasteiger partial charge in [-0.2, -0.15) is 0 Å². The van der Waals surface area contributed by atoms with Gasteiger partial charge in [-0.15, -0.1) is 0 Å². The molecular formula is C22H21Cl2N2O3+. The Morgan fingerprint density at radius 2 is 1.72 bits per heavy atom. The van der Waals surface area contributed by atoms with Gasteiger partial charge in [0.05, 0.1) is 37.6 Å². The van der Waals surface area contributed by atoms with Crippen molar-refractivity contribution < 1.29 is 14.1 Å². The molecule has 150 valence electrons. The highest BCUT2D eigenvalue weighted by atomic mass is 35.5. The summed E-state index contributed by atoms with van der Waals surface area (Å²) < 4.78 is 5.90. The van der Waals surface area contributed by atoms with Gasteiger partial charge < -0.3 is 14.2 Å². The van der Waals surface area contributed by atoms with Crippen molar-refractivity contribution in [3.05, 3.63) is 79.6 Å². The second-order valence-electron chi connectivity index (χ2n) is 7.58. The number of benzene rings is 2. The van der Waals surface area contributed by atoms with E-state index in [1.807, 2.05) is 12.1 Å². The van der Waals surface area contributed by atoms with Crippen molar-refractivity contribution in [2.24, 2.45) is 0 Å². The molecule has 0 fully saturated rings. The number of nitrogens with one attached hydrogen (secondary N) is 1. The summed E-state index contributed by atoms with van der Waals surface area (Å²) >= 11 is 12.1. The molecule has 0 spiro atoms. The highest BCUT2D eigenvalue weighted by Crippen LogP contribution is 2.38. The number of hydrogen-bond acceptors (Lipinski definition) is 3. The summed E-state index contributed by atoms with van der Waals surface area (Å²) in [5, 5.41) is 1.42. The zero-order valence-corrected chi connectivity index (χ0v) is 17.7. The molecule has 0 bridgehead atoms. The fourth-order valence-electron chi connectivity index (χ4n) is 3.82. The van der Waals surface area contributed by atoms with Crippen molar-refractivity contribution in [2.45, 2.75) is 12.5 Å². The fraction of sp³-hybridized carbons (Fsp3) is 0.273. The van der Waals surface area contributed by atoms with E-state index in [4.69, 9.17) is 27.6 Å². The minimum Gasteiger partial charge on any atom is -0.450 e. The highest BCUT2D eigenvalue weighted by molar-refractivity contribution is 6.31. The summed E-state index contributed by atoms with van der Waals surface area (Å²) in [5.74, 6) is -0.148. The number of fused-ring (bicyclic) bond motifs is 2. The summed E-state index contributed by atoms with van der Waals surface area (Å²) in [4.78, 5) is 29.6. The second kappa shape index (κ2) is 7.82. The molecular weight excluding hydrogens is 411 g/mol. The monoisotopic (exact) mass is 431 g/mol. The predicted octanol–water partition coefficient (Wildman–Crippen LogP) is 3.18. The standard InChI is InChI=1S/C22H20Cl2N2O3/c1-25(2)10-3-11-26-19(13-4-6-14(23)7-5-13)18-20(27)16-12-15(24)8-9-17(16)29-21(18)22(26)28/h4-9,12,19H,3,10-11H2,1-2H3/p+1. The fourth-order valence-corrected chi connectivity index (χ4v) is 4.12. The zero-order chi connectivity index (χ0) is 20.7. The van der Waals surface area contributed by atoms with Crippen LogP contribution in [0.5, 0.6) is 0 Å². The molecule has 1 aliphatic rings. The van der Waals surface area contributed by atoms with Gasteiger partial charge >= 0.3 is 0 Å². The van der Waals surface area contributed by atoms with Gasteiger partial charge in [0, 0.05) is 23.0 Å². The topological polar surface area (TPSA) is 55.0 Å². The van der Waals surface area contributed by atoms with Crippen LogP contribution < -0.4 is 10.3 Å². The lowest BCUT2D eigenvalue weighted by Crippen LogP contribution is -3.05. The van der Waals surface area contributed by atoms with Crippen LogP contribution in [0.4, 0.5) is 0 Å². The maximum Gasteiger partial charge on any atom is 0.290 e. The van der Waals surface area contributed by atoms with E-state index >= 15 is 0 Å². The number of quaternary nitrogens is 1. The van der Waals surface area contributed by atoms with Crippen LogP contribution in [0.3, 0.4) is 0 Å². The molecule has 7 heteroatoms. The van der Waals surface area contributed by atoms with Gasteiger partial charge in [-0.1, -0.05) is 35.3 Å². The SMILES string of the molecule is C[NH+](C)CCCN1C(=O)c2oc3ccc(Cl)cc3c(=O)c2C1c1ccc(Cl)cc1. The Labute approximate surface area is 178 Å². The van der Waals surface area contributed by atoms with Crippen LogP contribution >= 0.6 is 23.2 Å². The molecule has 0 saturated heterocycles. The Bertz CT molecular complexity index is 1140. The van der Waals surface area contributed by atoms with Gasteiger partial charge in [0.2, 0.25) is 5.76 Å². The van der Waals surface area contributed by atoms with Crippen molar-refractivity contribution >= 4 is 40.1 Å². The lowest BCUT2D eigenvalue weighted by Gasteiger charge is -2.25. The summed E-state index contributed by atoms with van der Waals surface area (Å²) in [7, 11) is 4.14. The van der Waals surface area contributed by atoms with E-state index < -0.39 is 6.04 Å². The van der Waals surface area contributed by atoms with Gasteiger partial charge in [-0.05, 0) is 35.9 Å². The molecule has 1 aliphatic heterocycles. The molecule has 1 atom stereocenters. The van der Waals surface area contributed by atoms with Crippen molar-refractivity contribution in [3.8, 4) is 0 Å². The third-order valence-corrected chi connectivity index (χ3v) is 5.68. The van der Waals surface area contributed by atoms with Gasteiger partial charge in [-0.3, -0.25) is 9.59 Å². The van der Waals surface area contributed by atoms with E-state index in [0.717, 1.165) is 18.5 Å². The Morgan fingerprint density at radius 3 is 2.41 bits per heavy atom. The lowest BCUT2D eigenvalue weighted by molar-refractivity contribution is -0.858. The van der Waals surface area contributed by atoms with Crippen molar-refractivity contribution in [3.63, 3.8) is 0 Å². The maximum atomic E-state index is 13.4. The van der Waals surface area contributed by atoms with Gasteiger partial charge in [0.25, 0.3) is 5.91 Å². The quantitative estimate of drug-likeness (QED) is 0.674. The summed E-state index contributed by atoms with van der Waals surface area (Å²) in [6.45, 7) is 1.43. The van der Waals surface area contributed by atoms with Crippen LogP contribution in [0.25, 0.3) is 11.0 Å². The number of halogens is 2. The molecule has 0 saturated carbocycles. The number of carbonyl (C=O) groups is 1. The zero-order valence-electron chi connectivity index (χ0n) is 16.2. The average molecular weight is 432 g/mol. The van der Waals surface area contributed by atoms with E-state index in [2.05, 4.69) is 14.1 Å². The summed E-state index contributed by atoms with van der Waals surface area (Å²) in [6.07, 6.45) is 0.811. The normalized spacial score (nSPS) is 16.1. The molecule has 1 amide bonds. The van der Waals surface area contributed by atoms with Gasteiger partial charge in [0.15, 0.2) is 5.43 Å². The average Bonchev–Trinajstić information content (AvgIpc) is 2.95. The van der Waals surface area contributed by atoms with Crippen LogP contribution in [-0.2, 0) is 0 Å². The lowest BCUT2D eigenvalue weighted by atomic mass is 9.98. The number of nitrogens with zero attached hydrogens (tertiary/aromatic N) is 1. The van der Waals surface area contributed by atoms with E-state index in [-0.39, 0.29) is 17.1 Å². The Balaban J connectivity index is 1.88. The predicted molar refractivity (Wildman–Crippen MR) is 114 cm³/mol. The highest BCUT2D eigenvalue weighted by Gasteiger charge is 2.42. The van der Waals surface area contributed by atoms with E-state index in [0.29, 0.717) is 33.1 Å². The smallest absolute Gasteiger partial charge is 0.290 e. The molecule has 0 aliphatic carbocycles.